The number of benzene rings is 3. The molecule has 1 heterocycles. The van der Waals surface area contributed by atoms with E-state index in [1.807, 2.05) is 0 Å². The first-order valence-electron chi connectivity index (χ1n) is 6.79. The monoisotopic (exact) mass is 245 g/mol. The maximum absolute atomic E-state index is 3.60. The number of nitrogens with one attached hydrogen (secondary N) is 1. The van der Waals surface area contributed by atoms with E-state index < -0.39 is 0 Å². The van der Waals surface area contributed by atoms with E-state index in [4.69, 9.17) is 0 Å². The van der Waals surface area contributed by atoms with Crippen molar-refractivity contribution in [3.63, 3.8) is 0 Å². The Hall–Kier alpha value is -2.28. The highest BCUT2D eigenvalue weighted by Crippen LogP contribution is 2.32. The van der Waals surface area contributed by atoms with E-state index >= 15 is 0 Å². The van der Waals surface area contributed by atoms with Gasteiger partial charge in [-0.3, -0.25) is 0 Å². The van der Waals surface area contributed by atoms with Crippen molar-refractivity contribution in [3.8, 4) is 0 Å². The fraction of sp³-hybridized carbons (Fsp3) is 0.111. The molecule has 0 aliphatic rings. The van der Waals surface area contributed by atoms with Crippen LogP contribution in [0, 0.1) is 0 Å². The summed E-state index contributed by atoms with van der Waals surface area (Å²) in [6.07, 6.45) is 1.06. The Labute approximate surface area is 111 Å². The molecule has 19 heavy (non-hydrogen) atoms. The highest BCUT2D eigenvalue weighted by molar-refractivity contribution is 6.17. The molecule has 0 unspecified atom stereocenters. The molecule has 0 spiro atoms. The fourth-order valence-electron chi connectivity index (χ4n) is 3.07. The van der Waals surface area contributed by atoms with Gasteiger partial charge >= 0.3 is 0 Å². The summed E-state index contributed by atoms with van der Waals surface area (Å²) in [6, 6.07) is 19.6. The second kappa shape index (κ2) is 3.86. The molecule has 0 bridgehead atoms. The van der Waals surface area contributed by atoms with E-state index in [0.29, 0.717) is 0 Å². The van der Waals surface area contributed by atoms with Crippen molar-refractivity contribution in [2.75, 3.05) is 0 Å². The van der Waals surface area contributed by atoms with Crippen molar-refractivity contribution in [2.45, 2.75) is 13.3 Å². The van der Waals surface area contributed by atoms with Crippen LogP contribution in [0.1, 0.15) is 12.5 Å². The van der Waals surface area contributed by atoms with Crippen LogP contribution in [0.4, 0.5) is 0 Å². The van der Waals surface area contributed by atoms with Crippen molar-refractivity contribution in [2.24, 2.45) is 0 Å². The molecule has 0 fully saturated rings. The summed E-state index contributed by atoms with van der Waals surface area (Å²) in [5.41, 5.74) is 3.90. The molecule has 0 atom stereocenters. The zero-order chi connectivity index (χ0) is 12.8. The fourth-order valence-corrected chi connectivity index (χ4v) is 3.07. The molecule has 3 aromatic carbocycles. The summed E-state index contributed by atoms with van der Waals surface area (Å²) >= 11 is 0. The summed E-state index contributed by atoms with van der Waals surface area (Å²) in [6.45, 7) is 2.22. The lowest BCUT2D eigenvalue weighted by Crippen LogP contribution is -1.84. The maximum atomic E-state index is 3.60. The second-order valence-electron chi connectivity index (χ2n) is 5.03. The van der Waals surface area contributed by atoms with Crippen LogP contribution in [0.25, 0.3) is 32.6 Å². The lowest BCUT2D eigenvalue weighted by atomic mass is 10.00. The summed E-state index contributed by atoms with van der Waals surface area (Å²) < 4.78 is 0. The maximum Gasteiger partial charge on any atom is 0.0547 e. The average molecular weight is 245 g/mol. The largest absolute Gasteiger partial charge is 0.354 e. The van der Waals surface area contributed by atoms with Gasteiger partial charge in [-0.1, -0.05) is 55.5 Å². The molecule has 0 aliphatic carbocycles. The zero-order valence-corrected chi connectivity index (χ0v) is 10.9. The van der Waals surface area contributed by atoms with Gasteiger partial charge in [0.05, 0.1) is 5.52 Å². The van der Waals surface area contributed by atoms with Crippen molar-refractivity contribution in [1.29, 1.82) is 0 Å². The van der Waals surface area contributed by atoms with Crippen LogP contribution in [0.3, 0.4) is 0 Å². The van der Waals surface area contributed by atoms with Crippen molar-refractivity contribution >= 4 is 32.6 Å². The van der Waals surface area contributed by atoms with Crippen molar-refractivity contribution < 1.29 is 0 Å². The number of aromatic amines is 1. The lowest BCUT2D eigenvalue weighted by molar-refractivity contribution is 1.16. The first-order chi connectivity index (χ1) is 9.38. The molecule has 0 saturated carbocycles. The quantitative estimate of drug-likeness (QED) is 0.483. The number of aryl methyl sites for hydroxylation is 1. The highest BCUT2D eigenvalue weighted by Gasteiger charge is 2.09. The summed E-state index contributed by atoms with van der Waals surface area (Å²) in [4.78, 5) is 3.60. The Bertz CT molecular complexity index is 899. The third kappa shape index (κ3) is 1.42. The molecule has 0 saturated heterocycles. The molecular weight excluding hydrogens is 230 g/mol. The molecule has 4 rings (SSSR count). The molecule has 92 valence electrons. The average Bonchev–Trinajstić information content (AvgIpc) is 2.85. The van der Waals surface area contributed by atoms with E-state index in [0.717, 1.165) is 6.42 Å². The zero-order valence-electron chi connectivity index (χ0n) is 10.9. The number of aromatic nitrogens is 1. The number of H-pyrrole nitrogens is 1. The normalized spacial score (nSPS) is 11.6. The Morgan fingerprint density at radius 2 is 1.74 bits per heavy atom. The van der Waals surface area contributed by atoms with Crippen LogP contribution >= 0.6 is 0 Å². The van der Waals surface area contributed by atoms with Gasteiger partial charge in [-0.2, -0.15) is 0 Å². The van der Waals surface area contributed by atoms with Crippen LogP contribution in [0.2, 0.25) is 0 Å². The first-order valence-corrected chi connectivity index (χ1v) is 6.79. The van der Waals surface area contributed by atoms with Crippen LogP contribution in [-0.4, -0.2) is 4.98 Å². The van der Waals surface area contributed by atoms with Gasteiger partial charge in [0.1, 0.15) is 0 Å². The van der Waals surface area contributed by atoms with Gasteiger partial charge in [-0.05, 0) is 23.4 Å². The number of para-hydroxylation sites is 1. The standard InChI is InChI=1S/C18H15N/c1-2-12-6-5-7-13-10-11-15-14-8-3-4-9-16(14)19-18(15)17(12)13/h3-11,19H,2H2,1H3. The molecule has 1 nitrogen and oxygen atoms in total. The molecular formula is C18H15N. The van der Waals surface area contributed by atoms with E-state index in [-0.39, 0.29) is 0 Å². The van der Waals surface area contributed by atoms with Crippen molar-refractivity contribution in [1.82, 2.24) is 4.98 Å². The number of fused-ring (bicyclic) bond motifs is 5. The minimum absolute atomic E-state index is 1.06. The molecule has 0 aliphatic heterocycles. The molecule has 4 aromatic rings. The predicted octanol–water partition coefficient (Wildman–Crippen LogP) is 5.04. The number of hydrogen-bond acceptors (Lipinski definition) is 0. The Morgan fingerprint density at radius 3 is 2.63 bits per heavy atom. The first kappa shape index (κ1) is 10.6. The van der Waals surface area contributed by atoms with E-state index in [9.17, 15) is 0 Å². The number of rotatable bonds is 1. The Kier molecular flexibility index (Phi) is 2.16. The van der Waals surface area contributed by atoms with Crippen molar-refractivity contribution in [3.05, 3.63) is 60.2 Å². The third-order valence-electron chi connectivity index (χ3n) is 3.99. The predicted molar refractivity (Wildman–Crippen MR) is 82.7 cm³/mol. The van der Waals surface area contributed by atoms with Crippen LogP contribution < -0.4 is 0 Å². The van der Waals surface area contributed by atoms with Gasteiger partial charge in [0.2, 0.25) is 0 Å². The Balaban J connectivity index is 2.30. The lowest BCUT2D eigenvalue weighted by Gasteiger charge is -2.05. The van der Waals surface area contributed by atoms with Gasteiger partial charge < -0.3 is 4.98 Å². The van der Waals surface area contributed by atoms with Gasteiger partial charge in [-0.15, -0.1) is 0 Å². The molecule has 1 aromatic heterocycles. The minimum Gasteiger partial charge on any atom is -0.354 e. The number of hydrogen-bond donors (Lipinski definition) is 1. The topological polar surface area (TPSA) is 15.8 Å². The molecule has 0 amide bonds. The van der Waals surface area contributed by atoms with Crippen LogP contribution in [-0.2, 0) is 6.42 Å². The third-order valence-corrected chi connectivity index (χ3v) is 3.99. The van der Waals surface area contributed by atoms with E-state index in [1.54, 1.807) is 0 Å². The summed E-state index contributed by atoms with van der Waals surface area (Å²) in [5.74, 6) is 0. The van der Waals surface area contributed by atoms with Gasteiger partial charge in [0.15, 0.2) is 0 Å². The van der Waals surface area contributed by atoms with Crippen LogP contribution in [0.15, 0.2) is 54.6 Å². The van der Waals surface area contributed by atoms with E-state index in [2.05, 4.69) is 66.5 Å². The second-order valence-corrected chi connectivity index (χ2v) is 5.03. The van der Waals surface area contributed by atoms with Gasteiger partial charge in [0, 0.05) is 21.7 Å². The smallest absolute Gasteiger partial charge is 0.0547 e. The molecule has 1 heteroatoms. The Morgan fingerprint density at radius 1 is 0.842 bits per heavy atom. The SMILES string of the molecule is CCc1cccc2ccc3c4ccccc4[nH]c3c12. The highest BCUT2D eigenvalue weighted by atomic mass is 14.7. The van der Waals surface area contributed by atoms with E-state index in [1.165, 1.54) is 38.1 Å². The van der Waals surface area contributed by atoms with Gasteiger partial charge in [-0.25, -0.2) is 0 Å². The minimum atomic E-state index is 1.06. The summed E-state index contributed by atoms with van der Waals surface area (Å²) in [5, 5.41) is 5.33. The molecule has 0 radical (unpaired) electrons. The van der Waals surface area contributed by atoms with Crippen LogP contribution in [0.5, 0.6) is 0 Å². The summed E-state index contributed by atoms with van der Waals surface area (Å²) in [7, 11) is 0. The molecule has 1 N–H and O–H groups in total. The van der Waals surface area contributed by atoms with Gasteiger partial charge in [0.25, 0.3) is 0 Å².